The van der Waals surface area contributed by atoms with Gasteiger partial charge in [-0.05, 0) is 31.4 Å². The van der Waals surface area contributed by atoms with Crippen LogP contribution in [0.4, 0.5) is 5.69 Å². The second kappa shape index (κ2) is 5.87. The number of nitrogens with one attached hydrogen (secondary N) is 1. The molecule has 3 rings (SSSR count). The number of aryl methyl sites for hydroxylation is 1. The van der Waals surface area contributed by atoms with Crippen LogP contribution in [0.3, 0.4) is 0 Å². The van der Waals surface area contributed by atoms with Crippen molar-refractivity contribution in [1.29, 1.82) is 0 Å². The van der Waals surface area contributed by atoms with Crippen molar-refractivity contribution in [2.45, 2.75) is 26.7 Å². The summed E-state index contributed by atoms with van der Waals surface area (Å²) in [7, 11) is 0. The zero-order chi connectivity index (χ0) is 15.7. The molecule has 0 spiro atoms. The molecule has 2 aliphatic rings. The maximum absolute atomic E-state index is 12.4. The van der Waals surface area contributed by atoms with Crippen molar-refractivity contribution < 1.29 is 19.1 Å². The molecule has 1 N–H and O–H groups in total. The van der Waals surface area contributed by atoms with Gasteiger partial charge in [0, 0.05) is 37.7 Å². The maximum Gasteiger partial charge on any atom is 0.231 e. The molecular formula is C16H20N2O4. The molecule has 0 bridgehead atoms. The Bertz CT molecular complexity index is 606. The molecule has 0 radical (unpaired) electrons. The number of nitrogens with zero attached hydrogens (tertiary/aromatic N) is 1. The molecule has 1 saturated heterocycles. The highest BCUT2D eigenvalue weighted by Crippen LogP contribution is 2.37. The number of benzene rings is 1. The van der Waals surface area contributed by atoms with Crippen LogP contribution in [0, 0.1) is 12.8 Å². The Morgan fingerprint density at radius 2 is 1.82 bits per heavy atom. The second-order valence-corrected chi connectivity index (χ2v) is 5.79. The van der Waals surface area contributed by atoms with Gasteiger partial charge in [-0.15, -0.1) is 0 Å². The lowest BCUT2D eigenvalue weighted by Gasteiger charge is -2.30. The molecule has 2 heterocycles. The largest absolute Gasteiger partial charge is 0.454 e. The summed E-state index contributed by atoms with van der Waals surface area (Å²) in [6.07, 6.45) is 1.41. The van der Waals surface area contributed by atoms with Gasteiger partial charge in [0.1, 0.15) is 0 Å². The highest BCUT2D eigenvalue weighted by atomic mass is 16.7. The molecule has 0 saturated carbocycles. The molecule has 22 heavy (non-hydrogen) atoms. The zero-order valence-corrected chi connectivity index (χ0v) is 12.8. The fourth-order valence-electron chi connectivity index (χ4n) is 2.87. The summed E-state index contributed by atoms with van der Waals surface area (Å²) in [4.78, 5) is 25.5. The Labute approximate surface area is 129 Å². The minimum Gasteiger partial charge on any atom is -0.454 e. The van der Waals surface area contributed by atoms with Crippen LogP contribution in [0.25, 0.3) is 0 Å². The van der Waals surface area contributed by atoms with E-state index in [1.807, 2.05) is 13.0 Å². The van der Waals surface area contributed by atoms with Crippen molar-refractivity contribution in [2.75, 3.05) is 25.2 Å². The molecule has 6 heteroatoms. The first-order valence-electron chi connectivity index (χ1n) is 7.51. The summed E-state index contributed by atoms with van der Waals surface area (Å²) < 4.78 is 10.7. The van der Waals surface area contributed by atoms with Gasteiger partial charge >= 0.3 is 0 Å². The molecule has 2 aliphatic heterocycles. The number of ether oxygens (including phenoxy) is 2. The predicted octanol–water partition coefficient (Wildman–Crippen LogP) is 1.92. The van der Waals surface area contributed by atoms with Gasteiger partial charge in [-0.25, -0.2) is 0 Å². The van der Waals surface area contributed by atoms with Gasteiger partial charge in [-0.2, -0.15) is 0 Å². The first-order valence-corrected chi connectivity index (χ1v) is 7.51. The van der Waals surface area contributed by atoms with Crippen molar-refractivity contribution in [3.63, 3.8) is 0 Å². The van der Waals surface area contributed by atoms with Gasteiger partial charge in [0.25, 0.3) is 0 Å². The number of fused-ring (bicyclic) bond motifs is 1. The van der Waals surface area contributed by atoms with Crippen LogP contribution in [0.15, 0.2) is 12.1 Å². The van der Waals surface area contributed by atoms with E-state index < -0.39 is 0 Å². The quantitative estimate of drug-likeness (QED) is 0.906. The Morgan fingerprint density at radius 3 is 2.45 bits per heavy atom. The van der Waals surface area contributed by atoms with Gasteiger partial charge in [-0.3, -0.25) is 9.59 Å². The number of anilines is 1. The van der Waals surface area contributed by atoms with Crippen LogP contribution in [0.2, 0.25) is 0 Å². The van der Waals surface area contributed by atoms with Gasteiger partial charge in [0.15, 0.2) is 11.5 Å². The molecular weight excluding hydrogens is 284 g/mol. The second-order valence-electron chi connectivity index (χ2n) is 5.79. The summed E-state index contributed by atoms with van der Waals surface area (Å²) in [6, 6.07) is 3.68. The van der Waals surface area contributed by atoms with E-state index in [-0.39, 0.29) is 24.5 Å². The van der Waals surface area contributed by atoms with E-state index in [1.165, 1.54) is 0 Å². The fourth-order valence-corrected chi connectivity index (χ4v) is 2.87. The van der Waals surface area contributed by atoms with E-state index in [0.29, 0.717) is 37.4 Å². The van der Waals surface area contributed by atoms with E-state index >= 15 is 0 Å². The number of carbonyl (C=O) groups is 2. The predicted molar refractivity (Wildman–Crippen MR) is 80.9 cm³/mol. The number of hydrogen-bond donors (Lipinski definition) is 1. The van der Waals surface area contributed by atoms with Gasteiger partial charge in [-0.1, -0.05) is 0 Å². The fraction of sp³-hybridized carbons (Fsp3) is 0.500. The Hall–Kier alpha value is -2.24. The van der Waals surface area contributed by atoms with Crippen molar-refractivity contribution in [3.8, 4) is 11.5 Å². The monoisotopic (exact) mass is 304 g/mol. The molecule has 2 amide bonds. The van der Waals surface area contributed by atoms with Crippen molar-refractivity contribution in [3.05, 3.63) is 17.7 Å². The van der Waals surface area contributed by atoms with Crippen molar-refractivity contribution in [2.24, 2.45) is 5.92 Å². The number of amides is 2. The number of rotatable bonds is 2. The van der Waals surface area contributed by atoms with Crippen LogP contribution in [0.1, 0.15) is 25.3 Å². The smallest absolute Gasteiger partial charge is 0.231 e. The molecule has 0 atom stereocenters. The minimum atomic E-state index is -0.0552. The third-order valence-electron chi connectivity index (χ3n) is 4.29. The summed E-state index contributed by atoms with van der Waals surface area (Å²) in [5.41, 5.74) is 1.70. The average Bonchev–Trinajstić information content (AvgIpc) is 2.94. The van der Waals surface area contributed by atoms with Gasteiger partial charge < -0.3 is 19.7 Å². The first-order chi connectivity index (χ1) is 10.5. The van der Waals surface area contributed by atoms with Crippen molar-refractivity contribution >= 4 is 17.5 Å². The zero-order valence-electron chi connectivity index (χ0n) is 12.8. The molecule has 0 aliphatic carbocycles. The summed E-state index contributed by atoms with van der Waals surface area (Å²) in [5, 5.41) is 2.98. The van der Waals surface area contributed by atoms with E-state index in [4.69, 9.17) is 9.47 Å². The minimum absolute atomic E-state index is 0.00478. The first kappa shape index (κ1) is 14.7. The SMILES string of the molecule is CC(=O)N1CCC(C(=O)Nc2cc3c(cc2C)OCO3)CC1. The maximum atomic E-state index is 12.4. The van der Waals surface area contributed by atoms with Crippen LogP contribution in [-0.2, 0) is 9.59 Å². The average molecular weight is 304 g/mol. The molecule has 1 aromatic rings. The Kier molecular flexibility index (Phi) is 3.92. The lowest BCUT2D eigenvalue weighted by molar-refractivity contribution is -0.132. The molecule has 0 unspecified atom stereocenters. The Balaban J connectivity index is 1.64. The van der Waals surface area contributed by atoms with Crippen LogP contribution in [0.5, 0.6) is 11.5 Å². The highest BCUT2D eigenvalue weighted by molar-refractivity contribution is 5.94. The topological polar surface area (TPSA) is 67.9 Å². The van der Waals surface area contributed by atoms with E-state index in [9.17, 15) is 9.59 Å². The molecule has 1 fully saturated rings. The number of carbonyl (C=O) groups excluding carboxylic acids is 2. The summed E-state index contributed by atoms with van der Waals surface area (Å²) in [6.45, 7) is 5.00. The van der Waals surface area contributed by atoms with Crippen molar-refractivity contribution in [1.82, 2.24) is 4.90 Å². The molecule has 0 aromatic heterocycles. The van der Waals surface area contributed by atoms with Gasteiger partial charge in [0.05, 0.1) is 0 Å². The van der Waals surface area contributed by atoms with E-state index in [0.717, 1.165) is 11.3 Å². The lowest BCUT2D eigenvalue weighted by atomic mass is 9.95. The standard InChI is InChI=1S/C16H20N2O4/c1-10-7-14-15(22-9-21-14)8-13(10)17-16(20)12-3-5-18(6-4-12)11(2)19/h7-8,12H,3-6,9H2,1-2H3,(H,17,20). The van der Waals surface area contributed by atoms with Crippen LogP contribution < -0.4 is 14.8 Å². The molecule has 118 valence electrons. The molecule has 6 nitrogen and oxygen atoms in total. The normalized spacial score (nSPS) is 17.5. The van der Waals surface area contributed by atoms with Crippen LogP contribution >= 0.6 is 0 Å². The molecule has 1 aromatic carbocycles. The number of piperidine rings is 1. The summed E-state index contributed by atoms with van der Waals surface area (Å²) in [5.74, 6) is 1.40. The van der Waals surface area contributed by atoms with Gasteiger partial charge in [0.2, 0.25) is 18.6 Å². The number of hydrogen-bond acceptors (Lipinski definition) is 4. The highest BCUT2D eigenvalue weighted by Gasteiger charge is 2.26. The van der Waals surface area contributed by atoms with Crippen LogP contribution in [-0.4, -0.2) is 36.6 Å². The number of likely N-dealkylation sites (tertiary alicyclic amines) is 1. The lowest BCUT2D eigenvalue weighted by Crippen LogP contribution is -2.40. The van der Waals surface area contributed by atoms with E-state index in [2.05, 4.69) is 5.32 Å². The Morgan fingerprint density at radius 1 is 1.18 bits per heavy atom. The third kappa shape index (κ3) is 2.86. The van der Waals surface area contributed by atoms with E-state index in [1.54, 1.807) is 17.9 Å². The third-order valence-corrected chi connectivity index (χ3v) is 4.29. The summed E-state index contributed by atoms with van der Waals surface area (Å²) >= 11 is 0.